The van der Waals surface area contributed by atoms with Gasteiger partial charge in [0.15, 0.2) is 0 Å². The molecule has 0 amide bonds. The molecule has 0 saturated heterocycles. The Morgan fingerprint density at radius 2 is 2.06 bits per heavy atom. The van der Waals surface area contributed by atoms with E-state index in [1.807, 2.05) is 33.9 Å². The summed E-state index contributed by atoms with van der Waals surface area (Å²) >= 11 is 0. The van der Waals surface area contributed by atoms with Crippen molar-refractivity contribution in [2.75, 3.05) is 20.3 Å². The van der Waals surface area contributed by atoms with E-state index in [4.69, 9.17) is 15.2 Å². The van der Waals surface area contributed by atoms with Crippen LogP contribution in [0.5, 0.6) is 5.75 Å². The minimum absolute atomic E-state index is 0.409. The molecule has 4 nitrogen and oxygen atoms in total. The first-order chi connectivity index (χ1) is 8.41. The van der Waals surface area contributed by atoms with Gasteiger partial charge in [-0.25, -0.2) is 0 Å². The molecule has 0 aromatic carbocycles. The van der Waals surface area contributed by atoms with Crippen LogP contribution in [0.2, 0.25) is 0 Å². The molecule has 4 heteroatoms. The second-order valence-electron chi connectivity index (χ2n) is 5.01. The molecule has 1 unspecified atom stereocenters. The number of hydrogen-bond donors (Lipinski definition) is 1. The molecule has 1 atom stereocenters. The van der Waals surface area contributed by atoms with Gasteiger partial charge < -0.3 is 15.2 Å². The molecule has 0 aliphatic rings. The summed E-state index contributed by atoms with van der Waals surface area (Å²) < 4.78 is 10.8. The Morgan fingerprint density at radius 3 is 2.61 bits per heavy atom. The summed E-state index contributed by atoms with van der Waals surface area (Å²) in [6.45, 7) is 9.16. The fourth-order valence-electron chi connectivity index (χ4n) is 2.02. The lowest BCUT2D eigenvalue weighted by Crippen LogP contribution is -2.43. The van der Waals surface area contributed by atoms with Gasteiger partial charge in [-0.2, -0.15) is 0 Å². The molecule has 1 rings (SSSR count). The third-order valence-corrected chi connectivity index (χ3v) is 2.96. The van der Waals surface area contributed by atoms with Crippen molar-refractivity contribution in [1.82, 2.24) is 4.98 Å². The number of hydrogen-bond acceptors (Lipinski definition) is 4. The molecule has 102 valence electrons. The van der Waals surface area contributed by atoms with E-state index in [0.29, 0.717) is 19.6 Å². The zero-order valence-corrected chi connectivity index (χ0v) is 12.0. The molecule has 0 aliphatic carbocycles. The average molecular weight is 252 g/mol. The Hall–Kier alpha value is -1.13. The Bertz CT molecular complexity index is 403. The molecule has 2 N–H and O–H groups in total. The Morgan fingerprint density at radius 1 is 1.39 bits per heavy atom. The lowest BCUT2D eigenvalue weighted by molar-refractivity contribution is 0.101. The summed E-state index contributed by atoms with van der Waals surface area (Å²) in [6.07, 6.45) is 2.51. The highest BCUT2D eigenvalue weighted by molar-refractivity contribution is 5.41. The number of aryl methyl sites for hydroxylation is 1. The fourth-order valence-corrected chi connectivity index (χ4v) is 2.02. The van der Waals surface area contributed by atoms with Gasteiger partial charge in [0.2, 0.25) is 0 Å². The van der Waals surface area contributed by atoms with Crippen molar-refractivity contribution in [2.24, 2.45) is 5.73 Å². The van der Waals surface area contributed by atoms with E-state index in [2.05, 4.69) is 4.98 Å². The number of methoxy groups -OCH3 is 1. The summed E-state index contributed by atoms with van der Waals surface area (Å²) in [5.74, 6) is 0.896. The van der Waals surface area contributed by atoms with Gasteiger partial charge in [0, 0.05) is 41.6 Å². The molecule has 0 fully saturated rings. The Kier molecular flexibility index (Phi) is 5.11. The highest BCUT2D eigenvalue weighted by Gasteiger charge is 2.22. The number of rotatable bonds is 6. The smallest absolute Gasteiger partial charge is 0.128 e. The summed E-state index contributed by atoms with van der Waals surface area (Å²) in [5, 5.41) is 0. The van der Waals surface area contributed by atoms with Gasteiger partial charge in [0.1, 0.15) is 5.75 Å². The number of ether oxygens (including phenoxy) is 2. The van der Waals surface area contributed by atoms with E-state index in [-0.39, 0.29) is 0 Å². The molecule has 1 aromatic rings. The molecule has 0 spiro atoms. The lowest BCUT2D eigenvalue weighted by atomic mass is 9.95. The highest BCUT2D eigenvalue weighted by atomic mass is 16.5. The van der Waals surface area contributed by atoms with Crippen LogP contribution in [0.1, 0.15) is 30.7 Å². The van der Waals surface area contributed by atoms with Crippen molar-refractivity contribution in [3.63, 3.8) is 0 Å². The van der Waals surface area contributed by atoms with E-state index >= 15 is 0 Å². The maximum Gasteiger partial charge on any atom is 0.128 e. The van der Waals surface area contributed by atoms with Crippen LogP contribution in [0.15, 0.2) is 6.20 Å². The van der Waals surface area contributed by atoms with Crippen LogP contribution >= 0.6 is 0 Å². The maximum absolute atomic E-state index is 6.23. The van der Waals surface area contributed by atoms with E-state index in [1.54, 1.807) is 7.11 Å². The van der Waals surface area contributed by atoms with E-state index < -0.39 is 5.54 Å². The first-order valence-electron chi connectivity index (χ1n) is 6.27. The van der Waals surface area contributed by atoms with Crippen molar-refractivity contribution in [3.8, 4) is 5.75 Å². The predicted octanol–water partition coefficient (Wildman–Crippen LogP) is 2.00. The number of pyridine rings is 1. The summed E-state index contributed by atoms with van der Waals surface area (Å²) in [4.78, 5) is 4.46. The predicted molar refractivity (Wildman–Crippen MR) is 73.1 cm³/mol. The second kappa shape index (κ2) is 6.16. The van der Waals surface area contributed by atoms with Crippen molar-refractivity contribution >= 4 is 0 Å². The zero-order chi connectivity index (χ0) is 13.8. The van der Waals surface area contributed by atoms with Gasteiger partial charge >= 0.3 is 0 Å². The van der Waals surface area contributed by atoms with Crippen molar-refractivity contribution in [2.45, 2.75) is 39.7 Å². The third-order valence-electron chi connectivity index (χ3n) is 2.96. The molecule has 18 heavy (non-hydrogen) atoms. The van der Waals surface area contributed by atoms with Gasteiger partial charge in [-0.3, -0.25) is 4.98 Å². The normalized spacial score (nSPS) is 14.3. The molecule has 0 saturated carbocycles. The zero-order valence-electron chi connectivity index (χ0n) is 12.0. The monoisotopic (exact) mass is 252 g/mol. The van der Waals surface area contributed by atoms with E-state index in [9.17, 15) is 0 Å². The first-order valence-corrected chi connectivity index (χ1v) is 6.27. The topological polar surface area (TPSA) is 57.4 Å². The number of nitrogens with zero attached hydrogens (tertiary/aromatic N) is 1. The highest BCUT2D eigenvalue weighted by Crippen LogP contribution is 2.25. The van der Waals surface area contributed by atoms with Crippen molar-refractivity contribution < 1.29 is 9.47 Å². The molecular formula is C14H24N2O2. The Balaban J connectivity index is 2.91. The van der Waals surface area contributed by atoms with Gasteiger partial charge in [-0.1, -0.05) is 0 Å². The number of nitrogens with two attached hydrogens (primary N) is 1. The lowest BCUT2D eigenvalue weighted by Gasteiger charge is -2.25. The minimum Gasteiger partial charge on any atom is -0.496 e. The summed E-state index contributed by atoms with van der Waals surface area (Å²) in [7, 11) is 1.68. The second-order valence-corrected chi connectivity index (χ2v) is 5.01. The third kappa shape index (κ3) is 3.68. The standard InChI is InChI=1S/C14H24N2O2/c1-6-18-9-14(4,15)7-12-11(3)13(17-5)10(2)8-16-12/h8H,6-7,9,15H2,1-5H3. The maximum atomic E-state index is 6.23. The molecule has 1 heterocycles. The van der Waals surface area contributed by atoms with Crippen LogP contribution in [0.3, 0.4) is 0 Å². The quantitative estimate of drug-likeness (QED) is 0.841. The van der Waals surface area contributed by atoms with Gasteiger partial charge in [0.25, 0.3) is 0 Å². The van der Waals surface area contributed by atoms with Crippen LogP contribution in [0.4, 0.5) is 0 Å². The summed E-state index contributed by atoms with van der Waals surface area (Å²) in [5.41, 5.74) is 8.90. The van der Waals surface area contributed by atoms with Crippen LogP contribution in [0.25, 0.3) is 0 Å². The van der Waals surface area contributed by atoms with Crippen molar-refractivity contribution in [1.29, 1.82) is 0 Å². The Labute approximate surface area is 110 Å². The first kappa shape index (κ1) is 14.9. The van der Waals surface area contributed by atoms with Crippen LogP contribution in [-0.4, -0.2) is 30.8 Å². The van der Waals surface area contributed by atoms with Gasteiger partial charge in [-0.15, -0.1) is 0 Å². The summed E-state index contributed by atoms with van der Waals surface area (Å²) in [6, 6.07) is 0. The minimum atomic E-state index is -0.409. The SMILES string of the molecule is CCOCC(C)(N)Cc1ncc(C)c(OC)c1C. The van der Waals surface area contributed by atoms with Crippen LogP contribution in [-0.2, 0) is 11.2 Å². The largest absolute Gasteiger partial charge is 0.496 e. The van der Waals surface area contributed by atoms with Gasteiger partial charge in [-0.05, 0) is 27.7 Å². The van der Waals surface area contributed by atoms with Crippen LogP contribution in [0, 0.1) is 13.8 Å². The van der Waals surface area contributed by atoms with E-state index in [0.717, 1.165) is 22.6 Å². The van der Waals surface area contributed by atoms with E-state index in [1.165, 1.54) is 0 Å². The molecule has 0 radical (unpaired) electrons. The molecule has 0 aliphatic heterocycles. The molecule has 1 aromatic heterocycles. The molecule has 0 bridgehead atoms. The number of aromatic nitrogens is 1. The van der Waals surface area contributed by atoms with Crippen molar-refractivity contribution in [3.05, 3.63) is 23.0 Å². The average Bonchev–Trinajstić information content (AvgIpc) is 2.31. The fraction of sp³-hybridized carbons (Fsp3) is 0.643. The molecular weight excluding hydrogens is 228 g/mol. The van der Waals surface area contributed by atoms with Gasteiger partial charge in [0.05, 0.1) is 13.7 Å². The van der Waals surface area contributed by atoms with Crippen LogP contribution < -0.4 is 10.5 Å².